The normalized spacial score (nSPS) is 12.6. The molecule has 0 fully saturated rings. The molecule has 2 aliphatic carbocycles. The average molecular weight is 2130 g/mol. The van der Waals surface area contributed by atoms with Crippen molar-refractivity contribution in [3.05, 3.63) is 476 Å². The zero-order valence-corrected chi connectivity index (χ0v) is 79.6. The number of rotatable bonds is 17. The second-order valence-electron chi connectivity index (χ2n) is 34.6. The van der Waals surface area contributed by atoms with Crippen LogP contribution in [-0.4, -0.2) is 44.0 Å². The van der Waals surface area contributed by atoms with Gasteiger partial charge in [-0.15, -0.1) is 130 Å². The fourth-order valence-corrected chi connectivity index (χ4v) is 20.6. The predicted molar refractivity (Wildman–Crippen MR) is 544 cm³/mol. The SMILES string of the molecule is CC1(C)c2ccccc2-c2cc3c4cc(-c5ccc(N(c6[c-]c(-c7ccccn7)ccc6)c6[c-]c(-c7ccccn7)ccc6)o5)ccc4n(-c4ccccc4)c3cc21.Cc1cc(-c2ccccn2)[c-]c(N(c2[c-]c(-c3ccccn3)cc(C)c2)c2ccc(-c3ccc4c(c3)c3cc5c(cc3n4-c3nc(-c4ccccc4)nc(-c4ccccc4)n3)-c3ccccc3C5c3ccccc3)s2)c1.[Pt+2].[Pt+2]. The van der Waals surface area contributed by atoms with Crippen LogP contribution >= 0.6 is 11.3 Å². The van der Waals surface area contributed by atoms with Gasteiger partial charge in [0.1, 0.15) is 5.76 Å². The number of hydrogen-bond donors (Lipinski definition) is 0. The summed E-state index contributed by atoms with van der Waals surface area (Å²) in [7, 11) is 0. The van der Waals surface area contributed by atoms with Crippen LogP contribution in [0.1, 0.15) is 58.7 Å². The number of pyridine rings is 4. The van der Waals surface area contributed by atoms with Crippen LogP contribution in [0.3, 0.4) is 0 Å². The minimum Gasteiger partial charge on any atom is -0.440 e. The summed E-state index contributed by atoms with van der Waals surface area (Å²) >= 11 is 1.74. The molecule has 0 saturated carbocycles. The number of nitrogens with zero attached hydrogens (tertiary/aromatic N) is 11. The molecule has 0 N–H and O–H groups in total. The molecule has 0 radical (unpaired) electrons. The van der Waals surface area contributed by atoms with Gasteiger partial charge in [0.25, 0.3) is 0 Å². The molecule has 25 rings (SSSR count). The van der Waals surface area contributed by atoms with E-state index in [1.165, 1.54) is 66.4 Å². The quantitative estimate of drug-likeness (QED) is 0.0815. The van der Waals surface area contributed by atoms with Gasteiger partial charge >= 0.3 is 42.1 Å². The summed E-state index contributed by atoms with van der Waals surface area (Å²) in [4.78, 5) is 39.8. The maximum absolute atomic E-state index is 6.88. The van der Waals surface area contributed by atoms with E-state index in [1.807, 2.05) is 164 Å². The Labute approximate surface area is 820 Å². The number of hydrogen-bond acceptors (Lipinski definition) is 11. The van der Waals surface area contributed by atoms with E-state index in [-0.39, 0.29) is 53.5 Å². The third kappa shape index (κ3) is 15.7. The molecule has 9 aromatic heterocycles. The molecule has 1 unspecified atom stereocenters. The van der Waals surface area contributed by atoms with Crippen molar-refractivity contribution in [3.8, 4) is 123 Å². The fraction of sp³-hybridized carbons (Fsp3) is 0.0496. The number of anilines is 6. The van der Waals surface area contributed by atoms with Crippen molar-refractivity contribution in [1.82, 2.24) is 44.0 Å². The third-order valence-corrected chi connectivity index (χ3v) is 26.9. The first-order chi connectivity index (χ1) is 66.0. The molecule has 136 heavy (non-hydrogen) atoms. The summed E-state index contributed by atoms with van der Waals surface area (Å²) in [6, 6.07) is 151. The summed E-state index contributed by atoms with van der Waals surface area (Å²) < 4.78 is 11.5. The molecule has 1 atom stereocenters. The van der Waals surface area contributed by atoms with Gasteiger partial charge in [-0.3, -0.25) is 4.57 Å². The predicted octanol–water partition coefficient (Wildman–Crippen LogP) is 30.5. The second-order valence-corrected chi connectivity index (χ2v) is 35.6. The van der Waals surface area contributed by atoms with Crippen LogP contribution < -0.4 is 9.80 Å². The van der Waals surface area contributed by atoms with Crippen LogP contribution in [0.15, 0.2) is 417 Å². The standard InChI is InChI=1S/C68H45N7S.C53H36N4O.2Pt/c1-43-34-49(59-26-14-16-32-69-59)38-51(36-43)74(52-37-44(2)35-50(39-52)60-27-15-17-33-70-60)64-31-30-63(76-64)48-28-29-61-56(40-48)57-41-58-55(53-24-12-13-25-54(53)65(58)45-18-6-3-7-19-45)42-62(57)75(61)68-72-66(46-20-8-4-9-21-46)71-67(73-68)47-22-10-5-11-23-47;1-53(2)45-21-7-6-20-41(45)42-33-44-43-32-37(24-25-49(43)57(50(44)34-46(42)53)38-16-4-3-5-17-38)51-26-27-52(58-51)56(39-18-12-14-35(30-39)47-22-8-10-28-54-47)40-19-13-15-36(31-40)48-23-9-11-29-55-48;;/h3-37,40-42,65H,1-2H3;3-29,32-34H,1-2H3;;/q2*-2;2*+2. The van der Waals surface area contributed by atoms with E-state index in [2.05, 4.69) is 317 Å². The van der Waals surface area contributed by atoms with Gasteiger partial charge in [0.2, 0.25) is 11.8 Å². The first-order valence-electron chi connectivity index (χ1n) is 45.0. The van der Waals surface area contributed by atoms with E-state index in [4.69, 9.17) is 29.3 Å². The largest absolute Gasteiger partial charge is 2.00 e. The monoisotopic (exact) mass is 2130 g/mol. The Morgan fingerprint density at radius 3 is 1.41 bits per heavy atom. The van der Waals surface area contributed by atoms with Gasteiger partial charge in [-0.25, -0.2) is 4.98 Å². The molecule has 0 spiro atoms. The van der Waals surface area contributed by atoms with Gasteiger partial charge < -0.3 is 38.7 Å². The van der Waals surface area contributed by atoms with Crippen LogP contribution in [0.5, 0.6) is 0 Å². The van der Waals surface area contributed by atoms with Crippen LogP contribution in [0, 0.1) is 38.1 Å². The van der Waals surface area contributed by atoms with Gasteiger partial charge in [-0.2, -0.15) is 9.97 Å². The number of para-hydroxylation sites is 1. The second kappa shape index (κ2) is 36.0. The van der Waals surface area contributed by atoms with Crippen molar-refractivity contribution in [3.63, 3.8) is 0 Å². The molecule has 12 nitrogen and oxygen atoms in total. The zero-order valence-electron chi connectivity index (χ0n) is 74.2. The minimum atomic E-state index is -0.108. The molecule has 0 amide bonds. The Kier molecular flexibility index (Phi) is 22.7. The van der Waals surface area contributed by atoms with E-state index in [0.717, 1.165) is 150 Å². The molecule has 23 aromatic rings. The minimum absolute atomic E-state index is 0. The first kappa shape index (κ1) is 85.7. The van der Waals surface area contributed by atoms with E-state index >= 15 is 0 Å². The smallest absolute Gasteiger partial charge is 0.440 e. The zero-order chi connectivity index (χ0) is 89.5. The summed E-state index contributed by atoms with van der Waals surface area (Å²) in [5, 5.41) is 5.63. The van der Waals surface area contributed by atoms with E-state index in [1.54, 1.807) is 23.7 Å². The van der Waals surface area contributed by atoms with E-state index < -0.39 is 0 Å². The maximum atomic E-state index is 6.88. The van der Waals surface area contributed by atoms with Crippen molar-refractivity contribution in [1.29, 1.82) is 0 Å². The topological polar surface area (TPSA) is 120 Å². The van der Waals surface area contributed by atoms with E-state index in [0.29, 0.717) is 23.5 Å². The number of furan rings is 1. The first-order valence-corrected chi connectivity index (χ1v) is 45.8. The van der Waals surface area contributed by atoms with Crippen molar-refractivity contribution in [2.24, 2.45) is 0 Å². The Morgan fingerprint density at radius 1 is 0.331 bits per heavy atom. The summed E-state index contributed by atoms with van der Waals surface area (Å²) in [5.74, 6) is 3.25. The molecule has 9 heterocycles. The Hall–Kier alpha value is -15.8. The summed E-state index contributed by atoms with van der Waals surface area (Å²) in [6.45, 7) is 8.94. The van der Waals surface area contributed by atoms with Crippen molar-refractivity contribution >= 4 is 88.6 Å². The maximum Gasteiger partial charge on any atom is 2.00 e. The number of thiophene rings is 1. The molecular formula is C121H81N11OPt2S. The van der Waals surface area contributed by atoms with Gasteiger partial charge in [-0.05, 0) is 210 Å². The molecule has 15 heteroatoms. The molecular weight excluding hydrogens is 2050 g/mol. The molecule has 652 valence electrons. The van der Waals surface area contributed by atoms with E-state index in [9.17, 15) is 0 Å². The molecule has 0 bridgehead atoms. The van der Waals surface area contributed by atoms with Crippen LogP contribution in [0.4, 0.5) is 33.6 Å². The summed E-state index contributed by atoms with van der Waals surface area (Å²) in [6.07, 6.45) is 7.27. The Morgan fingerprint density at radius 2 is 0.824 bits per heavy atom. The van der Waals surface area contributed by atoms with Gasteiger partial charge in [0.15, 0.2) is 11.6 Å². The van der Waals surface area contributed by atoms with Crippen LogP contribution in [-0.2, 0) is 47.5 Å². The molecule has 2 aliphatic rings. The van der Waals surface area contributed by atoms with Crippen molar-refractivity contribution in [2.45, 2.75) is 39.0 Å². The van der Waals surface area contributed by atoms with Crippen molar-refractivity contribution in [2.75, 3.05) is 9.80 Å². The van der Waals surface area contributed by atoms with Crippen LogP contribution in [0.25, 0.3) is 167 Å². The number of aromatic nitrogens is 9. The Balaban J connectivity index is 0.000000161. The molecule has 0 aliphatic heterocycles. The average Bonchev–Trinajstić information content (AvgIpc) is 1.55. The molecule has 0 saturated heterocycles. The van der Waals surface area contributed by atoms with Crippen molar-refractivity contribution < 1.29 is 46.5 Å². The number of fused-ring (bicyclic) bond motifs is 12. The number of benzene rings is 14. The fourth-order valence-electron chi connectivity index (χ4n) is 19.6. The van der Waals surface area contributed by atoms with Gasteiger partial charge in [-0.1, -0.05) is 240 Å². The van der Waals surface area contributed by atoms with Crippen LogP contribution in [0.2, 0.25) is 0 Å². The number of aryl methyl sites for hydroxylation is 2. The molecule has 14 aromatic carbocycles. The summed E-state index contributed by atoms with van der Waals surface area (Å²) in [5.41, 5.74) is 33.6. The van der Waals surface area contributed by atoms with Gasteiger partial charge in [0.05, 0.1) is 27.1 Å². The van der Waals surface area contributed by atoms with Gasteiger partial charge in [0, 0.05) is 91.0 Å². The third-order valence-electron chi connectivity index (χ3n) is 25.8. The Bertz CT molecular complexity index is 8220.